The van der Waals surface area contributed by atoms with Gasteiger partial charge in [-0.05, 0) is 44.1 Å². The van der Waals surface area contributed by atoms with Crippen LogP contribution in [0.3, 0.4) is 0 Å². The third-order valence-electron chi connectivity index (χ3n) is 5.75. The molecule has 0 bridgehead atoms. The molecule has 182 valence electrons. The highest BCUT2D eigenvalue weighted by atomic mass is 16.5. The Bertz CT molecular complexity index is 601. The summed E-state index contributed by atoms with van der Waals surface area (Å²) in [4.78, 5) is 22.0. The van der Waals surface area contributed by atoms with Gasteiger partial charge in [0, 0.05) is 13.3 Å². The minimum absolute atomic E-state index is 0.0248. The molecule has 0 fully saturated rings. The molecule has 0 amide bonds. The number of carboxylic acids is 1. The lowest BCUT2D eigenvalue weighted by Crippen LogP contribution is -2.21. The molecule has 0 radical (unpaired) electrons. The van der Waals surface area contributed by atoms with E-state index < -0.39 is 5.97 Å². The van der Waals surface area contributed by atoms with Gasteiger partial charge in [0.05, 0.1) is 12.7 Å². The first kappa shape index (κ1) is 28.2. The van der Waals surface area contributed by atoms with Crippen LogP contribution in [0.1, 0.15) is 109 Å². The van der Waals surface area contributed by atoms with Gasteiger partial charge in [-0.3, -0.25) is 9.59 Å². The normalized spacial score (nSPS) is 12.9. The molecule has 0 aliphatic carbocycles. The summed E-state index contributed by atoms with van der Waals surface area (Å²) in [6.07, 6.45) is 13.9. The molecule has 5 heteroatoms. The standard InChI is InChI=1S/C27H44O5/c1-3-15-25(31-22-24-16-11-10-12-17-24)20-21-26(32-23(2)28)18-13-8-6-4-5-7-9-14-19-27(29)30/h10-12,16-17,25-26H,3-9,13-15,18-22H2,1-2H3,(H,29,30). The Kier molecular flexibility index (Phi) is 16.4. The van der Waals surface area contributed by atoms with Gasteiger partial charge in [0.15, 0.2) is 0 Å². The second kappa shape index (κ2) is 18.7. The molecular weight excluding hydrogens is 404 g/mol. The summed E-state index contributed by atoms with van der Waals surface area (Å²) in [7, 11) is 0. The van der Waals surface area contributed by atoms with E-state index >= 15 is 0 Å². The second-order valence-electron chi connectivity index (χ2n) is 8.78. The second-order valence-corrected chi connectivity index (χ2v) is 8.78. The highest BCUT2D eigenvalue weighted by Crippen LogP contribution is 2.19. The van der Waals surface area contributed by atoms with Crippen LogP contribution in [0.2, 0.25) is 0 Å². The maximum atomic E-state index is 11.5. The molecule has 0 spiro atoms. The summed E-state index contributed by atoms with van der Waals surface area (Å²) in [5.74, 6) is -0.898. The van der Waals surface area contributed by atoms with Crippen molar-refractivity contribution < 1.29 is 24.2 Å². The van der Waals surface area contributed by atoms with E-state index in [9.17, 15) is 9.59 Å². The lowest BCUT2D eigenvalue weighted by Gasteiger charge is -2.22. The van der Waals surface area contributed by atoms with Crippen molar-refractivity contribution in [3.8, 4) is 0 Å². The third kappa shape index (κ3) is 15.9. The smallest absolute Gasteiger partial charge is 0.303 e. The molecular formula is C27H44O5. The van der Waals surface area contributed by atoms with Crippen molar-refractivity contribution in [2.24, 2.45) is 0 Å². The van der Waals surface area contributed by atoms with Crippen LogP contribution < -0.4 is 0 Å². The van der Waals surface area contributed by atoms with Crippen LogP contribution in [0.4, 0.5) is 0 Å². The SMILES string of the molecule is CCCC(CCC(CCCCCCCCCCC(=O)O)OC(C)=O)OCc1ccccc1. The highest BCUT2D eigenvalue weighted by molar-refractivity contribution is 5.66. The number of esters is 1. The minimum atomic E-state index is -0.698. The van der Waals surface area contributed by atoms with Crippen LogP contribution in [-0.4, -0.2) is 29.3 Å². The van der Waals surface area contributed by atoms with E-state index in [0.29, 0.717) is 6.61 Å². The van der Waals surface area contributed by atoms with Crippen LogP contribution in [0, 0.1) is 0 Å². The van der Waals surface area contributed by atoms with Crippen molar-refractivity contribution in [1.29, 1.82) is 0 Å². The monoisotopic (exact) mass is 448 g/mol. The molecule has 32 heavy (non-hydrogen) atoms. The molecule has 2 atom stereocenters. The zero-order valence-corrected chi connectivity index (χ0v) is 20.2. The van der Waals surface area contributed by atoms with E-state index in [0.717, 1.165) is 64.2 Å². The zero-order chi connectivity index (χ0) is 23.4. The first-order valence-electron chi connectivity index (χ1n) is 12.6. The van der Waals surface area contributed by atoms with Crippen molar-refractivity contribution in [3.63, 3.8) is 0 Å². The molecule has 1 N–H and O–H groups in total. The minimum Gasteiger partial charge on any atom is -0.481 e. The Morgan fingerprint density at radius 3 is 2.00 bits per heavy atom. The number of carbonyl (C=O) groups excluding carboxylic acids is 1. The molecule has 0 heterocycles. The number of aliphatic carboxylic acids is 1. The number of hydrogen-bond donors (Lipinski definition) is 1. The Morgan fingerprint density at radius 2 is 1.41 bits per heavy atom. The number of benzene rings is 1. The fourth-order valence-corrected chi connectivity index (χ4v) is 4.00. The van der Waals surface area contributed by atoms with E-state index in [1.807, 2.05) is 18.2 Å². The van der Waals surface area contributed by atoms with Gasteiger partial charge in [-0.1, -0.05) is 82.2 Å². The summed E-state index contributed by atoms with van der Waals surface area (Å²) in [5.41, 5.74) is 1.19. The van der Waals surface area contributed by atoms with E-state index in [1.165, 1.54) is 31.7 Å². The van der Waals surface area contributed by atoms with Gasteiger partial charge in [0.2, 0.25) is 0 Å². The van der Waals surface area contributed by atoms with Gasteiger partial charge in [-0.25, -0.2) is 0 Å². The maximum Gasteiger partial charge on any atom is 0.303 e. The number of ether oxygens (including phenoxy) is 2. The summed E-state index contributed by atoms with van der Waals surface area (Å²) in [6.45, 7) is 4.29. The van der Waals surface area contributed by atoms with Crippen molar-refractivity contribution in [1.82, 2.24) is 0 Å². The summed E-state index contributed by atoms with van der Waals surface area (Å²) in [5, 5.41) is 8.64. The Hall–Kier alpha value is -1.88. The molecule has 2 unspecified atom stereocenters. The zero-order valence-electron chi connectivity index (χ0n) is 20.2. The molecule has 0 aliphatic rings. The molecule has 0 aromatic heterocycles. The van der Waals surface area contributed by atoms with Gasteiger partial charge in [-0.2, -0.15) is 0 Å². The molecule has 1 aromatic carbocycles. The van der Waals surface area contributed by atoms with Crippen LogP contribution in [0.5, 0.6) is 0 Å². The van der Waals surface area contributed by atoms with Crippen molar-refractivity contribution >= 4 is 11.9 Å². The van der Waals surface area contributed by atoms with E-state index in [-0.39, 0.29) is 24.6 Å². The molecule has 0 aliphatic heterocycles. The average molecular weight is 449 g/mol. The van der Waals surface area contributed by atoms with Crippen molar-refractivity contribution in [2.75, 3.05) is 0 Å². The van der Waals surface area contributed by atoms with Gasteiger partial charge in [0.25, 0.3) is 0 Å². The summed E-state index contributed by atoms with van der Waals surface area (Å²) < 4.78 is 11.8. The fraction of sp³-hybridized carbons (Fsp3) is 0.704. The van der Waals surface area contributed by atoms with Crippen molar-refractivity contribution in [2.45, 2.75) is 123 Å². The van der Waals surface area contributed by atoms with Crippen LogP contribution in [0.15, 0.2) is 30.3 Å². The van der Waals surface area contributed by atoms with Crippen molar-refractivity contribution in [3.05, 3.63) is 35.9 Å². The van der Waals surface area contributed by atoms with Crippen LogP contribution >= 0.6 is 0 Å². The number of unbranched alkanes of at least 4 members (excludes halogenated alkanes) is 7. The maximum absolute atomic E-state index is 11.5. The first-order chi connectivity index (χ1) is 15.5. The van der Waals surface area contributed by atoms with E-state index in [1.54, 1.807) is 0 Å². The Labute approximate surface area is 194 Å². The van der Waals surface area contributed by atoms with Crippen LogP contribution in [0.25, 0.3) is 0 Å². The van der Waals surface area contributed by atoms with Crippen LogP contribution in [-0.2, 0) is 25.7 Å². The Morgan fingerprint density at radius 1 is 0.812 bits per heavy atom. The van der Waals surface area contributed by atoms with Gasteiger partial charge in [0.1, 0.15) is 6.10 Å². The largest absolute Gasteiger partial charge is 0.481 e. The lowest BCUT2D eigenvalue weighted by atomic mass is 10.0. The fourth-order valence-electron chi connectivity index (χ4n) is 4.00. The summed E-state index contributed by atoms with van der Waals surface area (Å²) in [6, 6.07) is 10.2. The molecule has 5 nitrogen and oxygen atoms in total. The predicted molar refractivity (Wildman–Crippen MR) is 129 cm³/mol. The van der Waals surface area contributed by atoms with Gasteiger partial charge >= 0.3 is 11.9 Å². The quantitative estimate of drug-likeness (QED) is 0.171. The molecule has 0 saturated heterocycles. The van der Waals surface area contributed by atoms with Gasteiger partial charge in [-0.15, -0.1) is 0 Å². The topological polar surface area (TPSA) is 72.8 Å². The highest BCUT2D eigenvalue weighted by Gasteiger charge is 2.16. The first-order valence-corrected chi connectivity index (χ1v) is 12.6. The number of rotatable bonds is 20. The molecule has 1 rings (SSSR count). The number of hydrogen-bond acceptors (Lipinski definition) is 4. The predicted octanol–water partition coefficient (Wildman–Crippen LogP) is 7.07. The Balaban J connectivity index is 2.24. The van der Waals surface area contributed by atoms with Gasteiger partial charge < -0.3 is 14.6 Å². The number of carbonyl (C=O) groups is 2. The summed E-state index contributed by atoms with van der Waals surface area (Å²) >= 11 is 0. The average Bonchev–Trinajstić information content (AvgIpc) is 2.76. The molecule has 1 aromatic rings. The third-order valence-corrected chi connectivity index (χ3v) is 5.75. The number of carboxylic acid groups (broad SMARTS) is 1. The van der Waals surface area contributed by atoms with E-state index in [2.05, 4.69) is 19.1 Å². The lowest BCUT2D eigenvalue weighted by molar-refractivity contribution is -0.147. The van der Waals surface area contributed by atoms with E-state index in [4.69, 9.17) is 14.6 Å². The molecule has 0 saturated carbocycles.